The van der Waals surface area contributed by atoms with Gasteiger partial charge in [0, 0.05) is 18.7 Å². The highest BCUT2D eigenvalue weighted by atomic mass is 16.5. The van der Waals surface area contributed by atoms with E-state index in [0.717, 1.165) is 24.1 Å². The van der Waals surface area contributed by atoms with E-state index >= 15 is 0 Å². The van der Waals surface area contributed by atoms with Crippen molar-refractivity contribution < 1.29 is 4.52 Å². The van der Waals surface area contributed by atoms with Gasteiger partial charge in [0.05, 0.1) is 5.69 Å². The molecular weight excluding hydrogens is 200 g/mol. The maximum absolute atomic E-state index is 4.82. The maximum atomic E-state index is 4.82. The first-order chi connectivity index (χ1) is 7.75. The Morgan fingerprint density at radius 1 is 1.50 bits per heavy atom. The molecule has 1 N–H and O–H groups in total. The van der Waals surface area contributed by atoms with Crippen LogP contribution in [-0.4, -0.2) is 11.2 Å². The molecule has 1 aromatic rings. The fourth-order valence-corrected chi connectivity index (χ4v) is 2.60. The molecule has 3 heteroatoms. The highest BCUT2D eigenvalue weighted by Crippen LogP contribution is 2.29. The van der Waals surface area contributed by atoms with Crippen LogP contribution in [-0.2, 0) is 6.54 Å². The molecular formula is C13H22N2O. The van der Waals surface area contributed by atoms with Gasteiger partial charge in [0.1, 0.15) is 6.26 Å². The summed E-state index contributed by atoms with van der Waals surface area (Å²) in [6.45, 7) is 5.52. The summed E-state index contributed by atoms with van der Waals surface area (Å²) in [5.41, 5.74) is 1.01. The zero-order valence-corrected chi connectivity index (χ0v) is 10.3. The lowest BCUT2D eigenvalue weighted by atomic mass is 9.79. The summed E-state index contributed by atoms with van der Waals surface area (Å²) in [7, 11) is 0. The van der Waals surface area contributed by atoms with Crippen molar-refractivity contribution in [3.05, 3.63) is 18.0 Å². The molecule has 0 amide bonds. The summed E-state index contributed by atoms with van der Waals surface area (Å²) in [5, 5.41) is 7.50. The molecule has 3 nitrogen and oxygen atoms in total. The van der Waals surface area contributed by atoms with Gasteiger partial charge in [-0.25, -0.2) is 0 Å². The van der Waals surface area contributed by atoms with Crippen LogP contribution in [0.4, 0.5) is 0 Å². The van der Waals surface area contributed by atoms with Crippen molar-refractivity contribution in [1.82, 2.24) is 10.5 Å². The fourth-order valence-electron chi connectivity index (χ4n) is 2.60. The average Bonchev–Trinajstić information content (AvgIpc) is 2.79. The normalized spacial score (nSPS) is 26.2. The minimum absolute atomic E-state index is 0.665. The van der Waals surface area contributed by atoms with Gasteiger partial charge >= 0.3 is 0 Å². The lowest BCUT2D eigenvalue weighted by molar-refractivity contribution is 0.230. The van der Waals surface area contributed by atoms with Gasteiger partial charge in [-0.05, 0) is 24.7 Å². The highest BCUT2D eigenvalue weighted by molar-refractivity contribution is 4.95. The third-order valence-electron chi connectivity index (χ3n) is 3.72. The molecule has 1 aliphatic carbocycles. The van der Waals surface area contributed by atoms with Gasteiger partial charge in [-0.3, -0.25) is 0 Å². The van der Waals surface area contributed by atoms with Crippen molar-refractivity contribution in [3.8, 4) is 0 Å². The van der Waals surface area contributed by atoms with Crippen LogP contribution in [0.3, 0.4) is 0 Å². The summed E-state index contributed by atoms with van der Waals surface area (Å²) in [4.78, 5) is 0. The van der Waals surface area contributed by atoms with Crippen molar-refractivity contribution in [1.29, 1.82) is 0 Å². The SMILES string of the molecule is CC(C)C1CCCC(NCc2ccon2)C1. The van der Waals surface area contributed by atoms with E-state index in [0.29, 0.717) is 6.04 Å². The zero-order valence-electron chi connectivity index (χ0n) is 10.3. The smallest absolute Gasteiger partial charge is 0.124 e. The van der Waals surface area contributed by atoms with E-state index < -0.39 is 0 Å². The van der Waals surface area contributed by atoms with Crippen molar-refractivity contribution in [2.75, 3.05) is 0 Å². The van der Waals surface area contributed by atoms with Crippen molar-refractivity contribution >= 4 is 0 Å². The van der Waals surface area contributed by atoms with Crippen LogP contribution in [0.25, 0.3) is 0 Å². The molecule has 1 aliphatic rings. The van der Waals surface area contributed by atoms with Crippen LogP contribution >= 0.6 is 0 Å². The van der Waals surface area contributed by atoms with Gasteiger partial charge in [-0.1, -0.05) is 31.8 Å². The first-order valence-electron chi connectivity index (χ1n) is 6.38. The Morgan fingerprint density at radius 2 is 2.38 bits per heavy atom. The molecule has 1 fully saturated rings. The molecule has 0 spiro atoms. The van der Waals surface area contributed by atoms with E-state index in [1.807, 2.05) is 6.07 Å². The number of aromatic nitrogens is 1. The number of hydrogen-bond donors (Lipinski definition) is 1. The minimum Gasteiger partial charge on any atom is -0.364 e. The number of rotatable bonds is 4. The number of nitrogens with zero attached hydrogens (tertiary/aromatic N) is 1. The van der Waals surface area contributed by atoms with Crippen molar-refractivity contribution in [2.24, 2.45) is 11.8 Å². The molecule has 2 unspecified atom stereocenters. The molecule has 0 bridgehead atoms. The molecule has 2 atom stereocenters. The van der Waals surface area contributed by atoms with E-state index in [1.54, 1.807) is 6.26 Å². The Kier molecular flexibility index (Phi) is 3.99. The number of hydrogen-bond acceptors (Lipinski definition) is 3. The van der Waals surface area contributed by atoms with Gasteiger partial charge in [-0.2, -0.15) is 0 Å². The first kappa shape index (κ1) is 11.6. The van der Waals surface area contributed by atoms with Crippen LogP contribution in [0.5, 0.6) is 0 Å². The quantitative estimate of drug-likeness (QED) is 0.851. The molecule has 1 saturated carbocycles. The second-order valence-electron chi connectivity index (χ2n) is 5.24. The Hall–Kier alpha value is -0.830. The van der Waals surface area contributed by atoms with Crippen LogP contribution in [0.1, 0.15) is 45.2 Å². The third-order valence-corrected chi connectivity index (χ3v) is 3.72. The van der Waals surface area contributed by atoms with Gasteiger partial charge in [0.15, 0.2) is 0 Å². The molecule has 0 aromatic carbocycles. The van der Waals surface area contributed by atoms with E-state index in [4.69, 9.17) is 4.52 Å². The number of nitrogens with one attached hydrogen (secondary N) is 1. The van der Waals surface area contributed by atoms with Gasteiger partial charge < -0.3 is 9.84 Å². The molecule has 1 heterocycles. The summed E-state index contributed by atoms with van der Waals surface area (Å²) < 4.78 is 4.82. The predicted molar refractivity (Wildman–Crippen MR) is 63.9 cm³/mol. The Balaban J connectivity index is 1.77. The third kappa shape index (κ3) is 3.08. The van der Waals surface area contributed by atoms with E-state index in [-0.39, 0.29) is 0 Å². The average molecular weight is 222 g/mol. The van der Waals surface area contributed by atoms with E-state index in [2.05, 4.69) is 24.3 Å². The van der Waals surface area contributed by atoms with E-state index in [1.165, 1.54) is 25.7 Å². The second kappa shape index (κ2) is 5.48. The zero-order chi connectivity index (χ0) is 11.4. The molecule has 1 aromatic heterocycles. The minimum atomic E-state index is 0.665. The second-order valence-corrected chi connectivity index (χ2v) is 5.24. The van der Waals surface area contributed by atoms with Gasteiger partial charge in [0.25, 0.3) is 0 Å². The molecule has 0 radical (unpaired) electrons. The fraction of sp³-hybridized carbons (Fsp3) is 0.769. The van der Waals surface area contributed by atoms with E-state index in [9.17, 15) is 0 Å². The summed E-state index contributed by atoms with van der Waals surface area (Å²) in [5.74, 6) is 1.71. The lowest BCUT2D eigenvalue weighted by Crippen LogP contribution is -2.35. The lowest BCUT2D eigenvalue weighted by Gasteiger charge is -2.32. The molecule has 16 heavy (non-hydrogen) atoms. The highest BCUT2D eigenvalue weighted by Gasteiger charge is 2.23. The molecule has 0 aliphatic heterocycles. The topological polar surface area (TPSA) is 38.1 Å². The van der Waals surface area contributed by atoms with Crippen molar-refractivity contribution in [2.45, 2.75) is 52.1 Å². The maximum Gasteiger partial charge on any atom is 0.124 e. The Labute approximate surface area is 97.6 Å². The van der Waals surface area contributed by atoms with Gasteiger partial charge in [-0.15, -0.1) is 0 Å². The predicted octanol–water partition coefficient (Wildman–Crippen LogP) is 2.98. The van der Waals surface area contributed by atoms with Crippen LogP contribution in [0.2, 0.25) is 0 Å². The van der Waals surface area contributed by atoms with Crippen LogP contribution in [0, 0.1) is 11.8 Å². The summed E-state index contributed by atoms with van der Waals surface area (Å²) in [6.07, 6.45) is 7.02. The van der Waals surface area contributed by atoms with Crippen LogP contribution < -0.4 is 5.32 Å². The molecule has 2 rings (SSSR count). The Morgan fingerprint density at radius 3 is 3.06 bits per heavy atom. The van der Waals surface area contributed by atoms with Crippen LogP contribution in [0.15, 0.2) is 16.9 Å². The van der Waals surface area contributed by atoms with Crippen molar-refractivity contribution in [3.63, 3.8) is 0 Å². The first-order valence-corrected chi connectivity index (χ1v) is 6.38. The standard InChI is InChI=1S/C13H22N2O/c1-10(2)11-4-3-5-12(8-11)14-9-13-6-7-16-15-13/h6-7,10-12,14H,3-5,8-9H2,1-2H3. The molecule has 90 valence electrons. The molecule has 0 saturated heterocycles. The Bertz CT molecular complexity index is 295. The summed E-state index contributed by atoms with van der Waals surface area (Å²) in [6, 6.07) is 2.59. The monoisotopic (exact) mass is 222 g/mol. The van der Waals surface area contributed by atoms with Gasteiger partial charge in [0.2, 0.25) is 0 Å². The summed E-state index contributed by atoms with van der Waals surface area (Å²) >= 11 is 0. The largest absolute Gasteiger partial charge is 0.364 e.